The summed E-state index contributed by atoms with van der Waals surface area (Å²) in [5.74, 6) is 0.803. The van der Waals surface area contributed by atoms with E-state index in [0.29, 0.717) is 16.7 Å². The van der Waals surface area contributed by atoms with Gasteiger partial charge in [0.1, 0.15) is 11.4 Å². The minimum absolute atomic E-state index is 0.343. The van der Waals surface area contributed by atoms with E-state index < -0.39 is 5.60 Å². The minimum Gasteiger partial charge on any atom is -0.490 e. The van der Waals surface area contributed by atoms with Crippen molar-refractivity contribution < 1.29 is 9.84 Å². The molecule has 3 rings (SSSR count). The summed E-state index contributed by atoms with van der Waals surface area (Å²) in [5.41, 5.74) is 0.343. The number of hydrogen-bond donors (Lipinski definition) is 1. The van der Waals surface area contributed by atoms with Gasteiger partial charge in [-0.05, 0) is 43.5 Å². The summed E-state index contributed by atoms with van der Waals surface area (Å²) in [7, 11) is 0. The molecular weight excluding hydrogens is 272 g/mol. The summed E-state index contributed by atoms with van der Waals surface area (Å²) in [6.07, 6.45) is 2.58. The van der Waals surface area contributed by atoms with Crippen molar-refractivity contribution in [3.8, 4) is 5.75 Å². The second kappa shape index (κ2) is 5.12. The van der Waals surface area contributed by atoms with Gasteiger partial charge in [0.15, 0.2) is 0 Å². The van der Waals surface area contributed by atoms with E-state index in [2.05, 4.69) is 0 Å². The highest BCUT2D eigenvalue weighted by molar-refractivity contribution is 6.31. The summed E-state index contributed by atoms with van der Waals surface area (Å²) >= 11 is 6.20. The number of hydrogen-bond acceptors (Lipinski definition) is 2. The second-order valence-electron chi connectivity index (χ2n) is 5.40. The Bertz CT molecular complexity index is 618. The van der Waals surface area contributed by atoms with Crippen LogP contribution in [0.25, 0.3) is 0 Å². The van der Waals surface area contributed by atoms with E-state index in [4.69, 9.17) is 16.3 Å². The van der Waals surface area contributed by atoms with E-state index in [0.717, 1.165) is 24.2 Å². The van der Waals surface area contributed by atoms with Crippen LogP contribution in [-0.4, -0.2) is 11.2 Å². The normalized spacial score (nSPS) is 17.6. The molecule has 2 aromatic carbocycles. The zero-order valence-corrected chi connectivity index (χ0v) is 12.1. The molecule has 1 atom stereocenters. The molecule has 0 heterocycles. The van der Waals surface area contributed by atoms with E-state index in [1.165, 1.54) is 0 Å². The Labute approximate surface area is 124 Å². The summed E-state index contributed by atoms with van der Waals surface area (Å²) in [6, 6.07) is 15.0. The Morgan fingerprint density at radius 2 is 1.90 bits per heavy atom. The molecular formula is C17H17ClO2. The molecule has 1 fully saturated rings. The van der Waals surface area contributed by atoms with Gasteiger partial charge in [0.25, 0.3) is 0 Å². The zero-order chi connectivity index (χ0) is 14.2. The van der Waals surface area contributed by atoms with Gasteiger partial charge in [-0.1, -0.05) is 41.9 Å². The molecule has 0 saturated heterocycles. The van der Waals surface area contributed by atoms with E-state index in [1.807, 2.05) is 42.5 Å². The first-order valence-corrected chi connectivity index (χ1v) is 7.20. The quantitative estimate of drug-likeness (QED) is 0.916. The number of aliphatic hydroxyl groups is 1. The Morgan fingerprint density at radius 1 is 1.15 bits per heavy atom. The zero-order valence-electron chi connectivity index (χ0n) is 11.3. The predicted molar refractivity (Wildman–Crippen MR) is 80.2 cm³/mol. The van der Waals surface area contributed by atoms with E-state index in [9.17, 15) is 5.11 Å². The molecule has 0 bridgehead atoms. The van der Waals surface area contributed by atoms with Crippen molar-refractivity contribution >= 4 is 11.6 Å². The van der Waals surface area contributed by atoms with Crippen LogP contribution in [0.3, 0.4) is 0 Å². The lowest BCUT2D eigenvalue weighted by Crippen LogP contribution is -2.23. The smallest absolute Gasteiger partial charge is 0.120 e. The lowest BCUT2D eigenvalue weighted by Gasteiger charge is -2.26. The van der Waals surface area contributed by atoms with Crippen molar-refractivity contribution in [1.82, 2.24) is 0 Å². The summed E-state index contributed by atoms with van der Waals surface area (Å²) in [4.78, 5) is 0. The van der Waals surface area contributed by atoms with Crippen molar-refractivity contribution in [2.75, 3.05) is 0 Å². The first-order chi connectivity index (χ1) is 9.57. The summed E-state index contributed by atoms with van der Waals surface area (Å²) in [5, 5.41) is 11.4. The van der Waals surface area contributed by atoms with Crippen LogP contribution in [0.15, 0.2) is 48.5 Å². The lowest BCUT2D eigenvalue weighted by molar-refractivity contribution is 0.102. The third-order valence-corrected chi connectivity index (χ3v) is 3.95. The third-order valence-electron chi connectivity index (χ3n) is 3.62. The molecule has 1 saturated carbocycles. The Kier molecular flexibility index (Phi) is 3.45. The molecule has 2 aromatic rings. The second-order valence-corrected chi connectivity index (χ2v) is 5.80. The van der Waals surface area contributed by atoms with Crippen LogP contribution in [0.4, 0.5) is 0 Å². The molecule has 0 amide bonds. The van der Waals surface area contributed by atoms with Crippen molar-refractivity contribution in [3.63, 3.8) is 0 Å². The topological polar surface area (TPSA) is 29.5 Å². The summed E-state index contributed by atoms with van der Waals surface area (Å²) in [6.45, 7) is 1.75. The van der Waals surface area contributed by atoms with Gasteiger partial charge in [0, 0.05) is 10.6 Å². The minimum atomic E-state index is -1.14. The maximum atomic E-state index is 10.9. The molecule has 1 aliphatic carbocycles. The maximum Gasteiger partial charge on any atom is 0.120 e. The van der Waals surface area contributed by atoms with Crippen LogP contribution in [-0.2, 0) is 5.60 Å². The standard InChI is InChI=1S/C17H17ClO2/c1-17(19,15-7-2-3-8-16(15)18)12-5-4-6-14(11-12)20-13-9-10-13/h2-8,11,13,19H,9-10H2,1H3. The molecule has 0 radical (unpaired) electrons. The number of ether oxygens (including phenoxy) is 1. The molecule has 1 unspecified atom stereocenters. The van der Waals surface area contributed by atoms with E-state index in [-0.39, 0.29) is 0 Å². The van der Waals surface area contributed by atoms with Crippen LogP contribution < -0.4 is 4.74 Å². The first-order valence-electron chi connectivity index (χ1n) is 6.82. The number of rotatable bonds is 4. The van der Waals surface area contributed by atoms with Gasteiger partial charge in [-0.15, -0.1) is 0 Å². The predicted octanol–water partition coefficient (Wildman–Crippen LogP) is 4.14. The molecule has 0 aliphatic heterocycles. The average Bonchev–Trinajstić information content (AvgIpc) is 3.23. The van der Waals surface area contributed by atoms with Gasteiger partial charge in [-0.3, -0.25) is 0 Å². The van der Waals surface area contributed by atoms with Crippen molar-refractivity contribution in [2.45, 2.75) is 31.5 Å². The Morgan fingerprint density at radius 3 is 2.60 bits per heavy atom. The molecule has 0 aromatic heterocycles. The van der Waals surface area contributed by atoms with Crippen LogP contribution in [0.2, 0.25) is 5.02 Å². The van der Waals surface area contributed by atoms with Crippen molar-refractivity contribution in [2.24, 2.45) is 0 Å². The lowest BCUT2D eigenvalue weighted by atomic mass is 9.88. The van der Waals surface area contributed by atoms with Gasteiger partial charge in [-0.2, -0.15) is 0 Å². The van der Waals surface area contributed by atoms with Gasteiger partial charge in [0.2, 0.25) is 0 Å². The molecule has 0 spiro atoms. The largest absolute Gasteiger partial charge is 0.490 e. The first kappa shape index (κ1) is 13.5. The Balaban J connectivity index is 1.95. The van der Waals surface area contributed by atoms with Crippen molar-refractivity contribution in [1.29, 1.82) is 0 Å². The van der Waals surface area contributed by atoms with Crippen molar-refractivity contribution in [3.05, 3.63) is 64.7 Å². The van der Waals surface area contributed by atoms with Gasteiger partial charge >= 0.3 is 0 Å². The Hall–Kier alpha value is -1.51. The molecule has 2 nitrogen and oxygen atoms in total. The van der Waals surface area contributed by atoms with Crippen LogP contribution in [0.5, 0.6) is 5.75 Å². The SMILES string of the molecule is CC(O)(c1cccc(OC2CC2)c1)c1ccccc1Cl. The van der Waals surface area contributed by atoms with Gasteiger partial charge in [-0.25, -0.2) is 0 Å². The summed E-state index contributed by atoms with van der Waals surface area (Å²) < 4.78 is 5.78. The fraction of sp³-hybridized carbons (Fsp3) is 0.294. The van der Waals surface area contributed by atoms with Crippen LogP contribution in [0, 0.1) is 0 Å². The fourth-order valence-electron chi connectivity index (χ4n) is 2.26. The molecule has 1 aliphatic rings. The van der Waals surface area contributed by atoms with Crippen LogP contribution in [0.1, 0.15) is 30.9 Å². The fourth-order valence-corrected chi connectivity index (χ4v) is 2.58. The highest BCUT2D eigenvalue weighted by Crippen LogP contribution is 2.36. The third kappa shape index (κ3) is 2.67. The van der Waals surface area contributed by atoms with E-state index >= 15 is 0 Å². The maximum absolute atomic E-state index is 10.9. The number of benzene rings is 2. The molecule has 3 heteroatoms. The average molecular weight is 289 g/mol. The monoisotopic (exact) mass is 288 g/mol. The number of halogens is 1. The highest BCUT2D eigenvalue weighted by atomic mass is 35.5. The van der Waals surface area contributed by atoms with Gasteiger partial charge < -0.3 is 9.84 Å². The molecule has 1 N–H and O–H groups in total. The van der Waals surface area contributed by atoms with Gasteiger partial charge in [0.05, 0.1) is 6.10 Å². The van der Waals surface area contributed by atoms with Crippen LogP contribution >= 0.6 is 11.6 Å². The highest BCUT2D eigenvalue weighted by Gasteiger charge is 2.29. The molecule has 104 valence electrons. The van der Waals surface area contributed by atoms with E-state index in [1.54, 1.807) is 13.0 Å². The molecule has 20 heavy (non-hydrogen) atoms.